The highest BCUT2D eigenvalue weighted by molar-refractivity contribution is 7.93. The van der Waals surface area contributed by atoms with Gasteiger partial charge in [-0.2, -0.15) is 5.26 Å². The van der Waals surface area contributed by atoms with Crippen LogP contribution >= 0.6 is 0 Å². The van der Waals surface area contributed by atoms with E-state index in [1.54, 1.807) is 13.0 Å². The molecule has 1 unspecified atom stereocenters. The molecular weight excluding hydrogens is 288 g/mol. The van der Waals surface area contributed by atoms with Crippen LogP contribution < -0.4 is 4.72 Å². The Bertz CT molecular complexity index is 685. The summed E-state index contributed by atoms with van der Waals surface area (Å²) in [7, 11) is -7.10. The Hall–Kier alpha value is -1.59. The number of nitrogens with zero attached hydrogens (tertiary/aromatic N) is 1. The molecule has 6 nitrogen and oxygen atoms in total. The average molecular weight is 302 g/mol. The molecule has 1 aromatic carbocycles. The number of rotatable bonds is 5. The lowest BCUT2D eigenvalue weighted by Crippen LogP contribution is -2.25. The average Bonchev–Trinajstić information content (AvgIpc) is 2.29. The van der Waals surface area contributed by atoms with E-state index in [4.69, 9.17) is 5.26 Å². The van der Waals surface area contributed by atoms with Gasteiger partial charge in [-0.3, -0.25) is 4.72 Å². The molecule has 0 aromatic heterocycles. The lowest BCUT2D eigenvalue weighted by atomic mass is 10.3. The maximum absolute atomic E-state index is 11.8. The molecule has 0 aliphatic carbocycles. The van der Waals surface area contributed by atoms with Crippen LogP contribution in [-0.2, 0) is 19.9 Å². The Morgan fingerprint density at radius 2 is 1.74 bits per heavy atom. The van der Waals surface area contributed by atoms with Gasteiger partial charge in [0.05, 0.1) is 11.0 Å². The third-order valence-electron chi connectivity index (χ3n) is 2.43. The maximum atomic E-state index is 11.8. The first-order valence-electron chi connectivity index (χ1n) is 5.42. The number of nitrogens with one attached hydrogen (secondary N) is 1. The summed E-state index contributed by atoms with van der Waals surface area (Å²) in [4.78, 5) is 0.0998. The van der Waals surface area contributed by atoms with E-state index in [2.05, 4.69) is 4.72 Å². The molecule has 19 heavy (non-hydrogen) atoms. The third kappa shape index (κ3) is 3.94. The fourth-order valence-electron chi connectivity index (χ4n) is 1.39. The van der Waals surface area contributed by atoms with Crippen LogP contribution in [0.3, 0.4) is 0 Å². The van der Waals surface area contributed by atoms with Crippen LogP contribution in [0.1, 0.15) is 13.3 Å². The summed E-state index contributed by atoms with van der Waals surface area (Å²) in [5.74, 6) is 0. The van der Waals surface area contributed by atoms with E-state index >= 15 is 0 Å². The van der Waals surface area contributed by atoms with Crippen LogP contribution in [0.15, 0.2) is 29.2 Å². The number of nitriles is 1. The SMILES string of the molecule is CCC(C#N)S(=O)(=O)Nc1ccc(S(C)(=O)=O)cc1. The van der Waals surface area contributed by atoms with Crippen LogP contribution in [0.2, 0.25) is 0 Å². The van der Waals surface area contributed by atoms with Gasteiger partial charge in [0.15, 0.2) is 15.1 Å². The first-order valence-corrected chi connectivity index (χ1v) is 8.86. The van der Waals surface area contributed by atoms with Gasteiger partial charge in [-0.1, -0.05) is 6.92 Å². The molecule has 0 fully saturated rings. The second-order valence-corrected chi connectivity index (χ2v) is 7.85. The van der Waals surface area contributed by atoms with Crippen molar-refractivity contribution in [2.75, 3.05) is 11.0 Å². The van der Waals surface area contributed by atoms with Crippen molar-refractivity contribution in [3.05, 3.63) is 24.3 Å². The highest BCUT2D eigenvalue weighted by Gasteiger charge is 2.23. The number of benzene rings is 1. The molecule has 0 aliphatic rings. The van der Waals surface area contributed by atoms with Gasteiger partial charge in [0, 0.05) is 11.9 Å². The second kappa shape index (κ2) is 5.59. The summed E-state index contributed by atoms with van der Waals surface area (Å²) >= 11 is 0. The molecule has 0 bridgehead atoms. The van der Waals surface area contributed by atoms with E-state index in [-0.39, 0.29) is 17.0 Å². The van der Waals surface area contributed by atoms with Gasteiger partial charge < -0.3 is 0 Å². The summed E-state index contributed by atoms with van der Waals surface area (Å²) in [6, 6.07) is 7.00. The smallest absolute Gasteiger partial charge is 0.249 e. The zero-order chi connectivity index (χ0) is 14.7. The quantitative estimate of drug-likeness (QED) is 0.878. The van der Waals surface area contributed by atoms with Crippen molar-refractivity contribution in [1.29, 1.82) is 5.26 Å². The highest BCUT2D eigenvalue weighted by Crippen LogP contribution is 2.17. The van der Waals surface area contributed by atoms with Crippen molar-refractivity contribution in [2.24, 2.45) is 0 Å². The molecule has 0 amide bonds. The molecule has 0 saturated carbocycles. The summed E-state index contributed by atoms with van der Waals surface area (Å²) in [5, 5.41) is 7.61. The number of hydrogen-bond acceptors (Lipinski definition) is 5. The van der Waals surface area contributed by atoms with Gasteiger partial charge in [-0.05, 0) is 30.7 Å². The molecule has 0 heterocycles. The topological polar surface area (TPSA) is 104 Å². The molecular formula is C11H14N2O4S2. The summed E-state index contributed by atoms with van der Waals surface area (Å²) in [5.41, 5.74) is 0.223. The van der Waals surface area contributed by atoms with Crippen molar-refractivity contribution in [1.82, 2.24) is 0 Å². The molecule has 0 spiro atoms. The number of sulfone groups is 1. The first kappa shape index (κ1) is 15.5. The lowest BCUT2D eigenvalue weighted by Gasteiger charge is -2.11. The van der Waals surface area contributed by atoms with E-state index in [0.717, 1.165) is 6.26 Å². The molecule has 0 aliphatic heterocycles. The Labute approximate surface area is 113 Å². The second-order valence-electron chi connectivity index (χ2n) is 3.97. The standard InChI is InChI=1S/C11H14N2O4S2/c1-3-10(8-12)19(16,17)13-9-4-6-11(7-5-9)18(2,14)15/h4-7,10,13H,3H2,1-2H3. The fraction of sp³-hybridized carbons (Fsp3) is 0.364. The van der Waals surface area contributed by atoms with E-state index in [1.165, 1.54) is 24.3 Å². The monoisotopic (exact) mass is 302 g/mol. The van der Waals surface area contributed by atoms with Crippen LogP contribution in [0.25, 0.3) is 0 Å². The van der Waals surface area contributed by atoms with Crippen molar-refractivity contribution in [2.45, 2.75) is 23.5 Å². The molecule has 8 heteroatoms. The van der Waals surface area contributed by atoms with Gasteiger partial charge in [-0.15, -0.1) is 0 Å². The van der Waals surface area contributed by atoms with Crippen LogP contribution in [0, 0.1) is 11.3 Å². The zero-order valence-electron chi connectivity index (χ0n) is 10.5. The Morgan fingerprint density at radius 3 is 2.11 bits per heavy atom. The van der Waals surface area contributed by atoms with Crippen molar-refractivity contribution >= 4 is 25.5 Å². The lowest BCUT2D eigenvalue weighted by molar-refractivity contribution is 0.592. The van der Waals surface area contributed by atoms with E-state index in [1.807, 2.05) is 0 Å². The minimum atomic E-state index is -3.78. The molecule has 1 N–H and O–H groups in total. The van der Waals surface area contributed by atoms with E-state index in [9.17, 15) is 16.8 Å². The van der Waals surface area contributed by atoms with Gasteiger partial charge >= 0.3 is 0 Å². The summed E-state index contributed by atoms with van der Waals surface area (Å²) < 4.78 is 48.3. The predicted molar refractivity (Wildman–Crippen MR) is 71.8 cm³/mol. The van der Waals surface area contributed by atoms with E-state index < -0.39 is 25.1 Å². The molecule has 1 atom stereocenters. The summed E-state index contributed by atoms with van der Waals surface area (Å²) in [6.07, 6.45) is 1.24. The van der Waals surface area contributed by atoms with Gasteiger partial charge in [0.1, 0.15) is 0 Å². The van der Waals surface area contributed by atoms with Crippen LogP contribution in [-0.4, -0.2) is 28.3 Å². The molecule has 0 saturated heterocycles. The van der Waals surface area contributed by atoms with Crippen LogP contribution in [0.5, 0.6) is 0 Å². The summed E-state index contributed by atoms with van der Waals surface area (Å²) in [6.45, 7) is 1.60. The predicted octanol–water partition coefficient (Wildman–Crippen LogP) is 1.13. The van der Waals surface area contributed by atoms with Crippen molar-refractivity contribution < 1.29 is 16.8 Å². The minimum absolute atomic E-state index is 0.0998. The Balaban J connectivity index is 3.00. The zero-order valence-corrected chi connectivity index (χ0v) is 12.1. The molecule has 104 valence electrons. The normalized spacial score (nSPS) is 13.5. The molecule has 1 aromatic rings. The largest absolute Gasteiger partial charge is 0.282 e. The molecule has 1 rings (SSSR count). The van der Waals surface area contributed by atoms with Crippen molar-refractivity contribution in [3.8, 4) is 6.07 Å². The number of anilines is 1. The van der Waals surface area contributed by atoms with Gasteiger partial charge in [0.2, 0.25) is 10.0 Å². The Morgan fingerprint density at radius 1 is 1.21 bits per heavy atom. The van der Waals surface area contributed by atoms with Gasteiger partial charge in [0.25, 0.3) is 0 Å². The van der Waals surface area contributed by atoms with Gasteiger partial charge in [-0.25, -0.2) is 16.8 Å². The third-order valence-corrected chi connectivity index (χ3v) is 5.27. The maximum Gasteiger partial charge on any atom is 0.249 e. The fourth-order valence-corrected chi connectivity index (χ4v) is 3.20. The number of hydrogen-bond donors (Lipinski definition) is 1. The molecule has 0 radical (unpaired) electrons. The van der Waals surface area contributed by atoms with Crippen molar-refractivity contribution in [3.63, 3.8) is 0 Å². The number of sulfonamides is 1. The van der Waals surface area contributed by atoms with E-state index in [0.29, 0.717) is 0 Å². The first-order chi connectivity index (χ1) is 8.70. The highest BCUT2D eigenvalue weighted by atomic mass is 32.2. The Kier molecular flexibility index (Phi) is 4.55. The van der Waals surface area contributed by atoms with Crippen LogP contribution in [0.4, 0.5) is 5.69 Å². The minimum Gasteiger partial charge on any atom is -0.282 e.